The second kappa shape index (κ2) is 8.44. The number of carbonyl (C=O) groups excluding carboxylic acids is 1. The van der Waals surface area contributed by atoms with E-state index in [1.807, 2.05) is 28.8 Å². The van der Waals surface area contributed by atoms with E-state index in [0.717, 1.165) is 49.9 Å². The van der Waals surface area contributed by atoms with Crippen molar-refractivity contribution in [2.45, 2.75) is 63.3 Å². The van der Waals surface area contributed by atoms with Crippen LogP contribution in [-0.4, -0.2) is 53.4 Å². The van der Waals surface area contributed by atoms with Crippen molar-refractivity contribution in [1.82, 2.24) is 19.0 Å². The number of nitrogens with one attached hydrogen (secondary N) is 1. The third-order valence-corrected chi connectivity index (χ3v) is 7.47. The molecule has 8 heteroatoms. The van der Waals surface area contributed by atoms with Crippen LogP contribution in [0, 0.1) is 0 Å². The van der Waals surface area contributed by atoms with Crippen LogP contribution in [0.1, 0.15) is 73.6 Å². The zero-order valence-electron chi connectivity index (χ0n) is 17.0. The van der Waals surface area contributed by atoms with Gasteiger partial charge in [0, 0.05) is 31.2 Å². The Bertz CT molecular complexity index is 977. The van der Waals surface area contributed by atoms with Crippen molar-refractivity contribution in [1.29, 1.82) is 0 Å². The predicted molar refractivity (Wildman–Crippen MR) is 113 cm³/mol. The lowest BCUT2D eigenvalue weighted by molar-refractivity contribution is 0.0930. The van der Waals surface area contributed by atoms with E-state index in [1.54, 1.807) is 0 Å². The van der Waals surface area contributed by atoms with Gasteiger partial charge in [0.1, 0.15) is 5.82 Å². The number of piperidine rings is 1. The Morgan fingerprint density at radius 2 is 1.86 bits per heavy atom. The Labute approximate surface area is 172 Å². The van der Waals surface area contributed by atoms with Gasteiger partial charge in [-0.1, -0.05) is 31.7 Å². The van der Waals surface area contributed by atoms with Crippen LogP contribution in [0.25, 0.3) is 5.52 Å². The molecule has 0 bridgehead atoms. The second-order valence-electron chi connectivity index (χ2n) is 8.40. The maximum atomic E-state index is 13.1. The van der Waals surface area contributed by atoms with E-state index in [-0.39, 0.29) is 17.9 Å². The summed E-state index contributed by atoms with van der Waals surface area (Å²) in [6.07, 6.45) is 11.7. The first kappa shape index (κ1) is 20.3. The molecule has 29 heavy (non-hydrogen) atoms. The Kier molecular flexibility index (Phi) is 5.92. The van der Waals surface area contributed by atoms with Crippen molar-refractivity contribution in [2.24, 2.45) is 0 Å². The molecule has 1 saturated carbocycles. The van der Waals surface area contributed by atoms with Crippen molar-refractivity contribution in [3.05, 3.63) is 35.9 Å². The van der Waals surface area contributed by atoms with Gasteiger partial charge in [0.15, 0.2) is 5.69 Å². The van der Waals surface area contributed by atoms with E-state index in [0.29, 0.717) is 18.8 Å². The van der Waals surface area contributed by atoms with Crippen LogP contribution in [0.2, 0.25) is 0 Å². The van der Waals surface area contributed by atoms with Crippen LogP contribution in [-0.2, 0) is 10.0 Å². The molecule has 158 valence electrons. The van der Waals surface area contributed by atoms with E-state index in [2.05, 4.69) is 5.32 Å². The summed E-state index contributed by atoms with van der Waals surface area (Å²) in [5, 5.41) is 3.20. The number of fused-ring (bicyclic) bond motifs is 1. The number of carbonyl (C=O) groups is 1. The van der Waals surface area contributed by atoms with E-state index in [9.17, 15) is 13.2 Å². The molecule has 1 amide bonds. The van der Waals surface area contributed by atoms with Crippen LogP contribution in [0.4, 0.5) is 0 Å². The van der Waals surface area contributed by atoms with E-state index < -0.39 is 10.0 Å². The molecule has 1 N–H and O–H groups in total. The fraction of sp³-hybridized carbons (Fsp3) is 0.619. The van der Waals surface area contributed by atoms with Crippen LogP contribution in [0.15, 0.2) is 24.4 Å². The van der Waals surface area contributed by atoms with Gasteiger partial charge in [-0.15, -0.1) is 0 Å². The zero-order chi connectivity index (χ0) is 20.4. The minimum atomic E-state index is -3.24. The standard InChI is InChI=1S/C21H30N4O3S/c1-29(27,28)24-13-8-9-16(15-24)20-23-19(18-12-6-7-14-25(18)20)21(26)22-17-10-4-2-3-5-11-17/h6-7,12,14,16-17H,2-5,8-11,13,15H2,1H3,(H,22,26). The van der Waals surface area contributed by atoms with Gasteiger partial charge in [-0.2, -0.15) is 0 Å². The molecule has 2 aromatic heterocycles. The van der Waals surface area contributed by atoms with Gasteiger partial charge in [-0.05, 0) is 37.8 Å². The first-order valence-corrected chi connectivity index (χ1v) is 12.5. The predicted octanol–water partition coefficient (Wildman–Crippen LogP) is 2.93. The zero-order valence-corrected chi connectivity index (χ0v) is 17.8. The van der Waals surface area contributed by atoms with Gasteiger partial charge >= 0.3 is 0 Å². The van der Waals surface area contributed by atoms with Crippen molar-refractivity contribution in [3.8, 4) is 0 Å². The quantitative estimate of drug-likeness (QED) is 0.774. The minimum absolute atomic E-state index is 0.0206. The number of aromatic nitrogens is 2. The van der Waals surface area contributed by atoms with Crippen molar-refractivity contribution < 1.29 is 13.2 Å². The normalized spacial score (nSPS) is 22.4. The molecule has 2 fully saturated rings. The van der Waals surface area contributed by atoms with Gasteiger partial charge in [-0.3, -0.25) is 4.79 Å². The van der Waals surface area contributed by atoms with Gasteiger partial charge in [-0.25, -0.2) is 17.7 Å². The van der Waals surface area contributed by atoms with E-state index in [4.69, 9.17) is 4.98 Å². The topological polar surface area (TPSA) is 83.8 Å². The molecule has 2 aliphatic rings. The molecule has 1 unspecified atom stereocenters. The highest BCUT2D eigenvalue weighted by Crippen LogP contribution is 2.29. The lowest BCUT2D eigenvalue weighted by Crippen LogP contribution is -2.38. The number of pyridine rings is 1. The van der Waals surface area contributed by atoms with Crippen molar-refractivity contribution in [3.63, 3.8) is 0 Å². The average Bonchev–Trinajstić information content (AvgIpc) is 2.91. The number of rotatable bonds is 4. The summed E-state index contributed by atoms with van der Waals surface area (Å²) >= 11 is 0. The maximum absolute atomic E-state index is 13.1. The lowest BCUT2D eigenvalue weighted by atomic mass is 9.99. The average molecular weight is 419 g/mol. The highest BCUT2D eigenvalue weighted by molar-refractivity contribution is 7.88. The molecule has 1 aliphatic carbocycles. The summed E-state index contributed by atoms with van der Waals surface area (Å²) < 4.78 is 27.5. The fourth-order valence-electron chi connectivity index (χ4n) is 4.65. The number of imidazole rings is 1. The molecule has 3 heterocycles. The molecular formula is C21H30N4O3S. The summed E-state index contributed by atoms with van der Waals surface area (Å²) in [7, 11) is -3.24. The molecule has 0 radical (unpaired) electrons. The van der Waals surface area contributed by atoms with Crippen LogP contribution < -0.4 is 5.32 Å². The molecule has 0 spiro atoms. The molecule has 1 saturated heterocycles. The molecule has 4 rings (SSSR count). The Hall–Kier alpha value is -1.93. The van der Waals surface area contributed by atoms with E-state index >= 15 is 0 Å². The minimum Gasteiger partial charge on any atom is -0.348 e. The van der Waals surface area contributed by atoms with Crippen LogP contribution in [0.5, 0.6) is 0 Å². The molecule has 0 aromatic carbocycles. The van der Waals surface area contributed by atoms with Gasteiger partial charge in [0.2, 0.25) is 10.0 Å². The fourth-order valence-corrected chi connectivity index (χ4v) is 5.56. The smallest absolute Gasteiger partial charge is 0.272 e. The third-order valence-electron chi connectivity index (χ3n) is 6.20. The van der Waals surface area contributed by atoms with Crippen molar-refractivity contribution >= 4 is 21.4 Å². The molecule has 2 aromatic rings. The Balaban J connectivity index is 1.62. The molecule has 7 nitrogen and oxygen atoms in total. The van der Waals surface area contributed by atoms with Gasteiger partial charge < -0.3 is 9.72 Å². The van der Waals surface area contributed by atoms with Crippen LogP contribution in [0.3, 0.4) is 0 Å². The number of nitrogens with zero attached hydrogens (tertiary/aromatic N) is 3. The number of hydrogen-bond donors (Lipinski definition) is 1. The molecular weight excluding hydrogens is 388 g/mol. The lowest BCUT2D eigenvalue weighted by Gasteiger charge is -2.30. The number of hydrogen-bond acceptors (Lipinski definition) is 4. The summed E-state index contributed by atoms with van der Waals surface area (Å²) in [5.74, 6) is 0.635. The highest BCUT2D eigenvalue weighted by atomic mass is 32.2. The number of amides is 1. The SMILES string of the molecule is CS(=O)(=O)N1CCCC(c2nc(C(=O)NC3CCCCCC3)c3ccccn23)C1. The molecule has 1 atom stereocenters. The summed E-state index contributed by atoms with van der Waals surface area (Å²) in [6.45, 7) is 0.962. The Morgan fingerprint density at radius 1 is 1.10 bits per heavy atom. The van der Waals surface area contributed by atoms with Gasteiger partial charge in [0.25, 0.3) is 5.91 Å². The number of sulfonamides is 1. The highest BCUT2D eigenvalue weighted by Gasteiger charge is 2.31. The van der Waals surface area contributed by atoms with E-state index in [1.165, 1.54) is 23.4 Å². The maximum Gasteiger partial charge on any atom is 0.272 e. The second-order valence-corrected chi connectivity index (χ2v) is 10.4. The third kappa shape index (κ3) is 4.48. The van der Waals surface area contributed by atoms with Crippen LogP contribution >= 0.6 is 0 Å². The largest absolute Gasteiger partial charge is 0.348 e. The van der Waals surface area contributed by atoms with Crippen molar-refractivity contribution in [2.75, 3.05) is 19.3 Å². The van der Waals surface area contributed by atoms with Gasteiger partial charge in [0.05, 0.1) is 11.8 Å². The Morgan fingerprint density at radius 3 is 2.59 bits per heavy atom. The first-order chi connectivity index (χ1) is 13.9. The summed E-state index contributed by atoms with van der Waals surface area (Å²) in [5.41, 5.74) is 1.23. The summed E-state index contributed by atoms with van der Waals surface area (Å²) in [6, 6.07) is 5.95. The molecule has 1 aliphatic heterocycles. The first-order valence-electron chi connectivity index (χ1n) is 10.7. The summed E-state index contributed by atoms with van der Waals surface area (Å²) in [4.78, 5) is 17.8. The monoisotopic (exact) mass is 418 g/mol.